The van der Waals surface area contributed by atoms with Crippen LogP contribution in [-0.4, -0.2) is 37.2 Å². The Kier molecular flexibility index (Phi) is 60.2. The molecule has 0 aliphatic carbocycles. The van der Waals surface area contributed by atoms with Crippen LogP contribution in [0.25, 0.3) is 0 Å². The van der Waals surface area contributed by atoms with Crippen LogP contribution in [0.1, 0.15) is 335 Å². The van der Waals surface area contributed by atoms with Crippen LogP contribution in [0.15, 0.2) is 60.8 Å². The van der Waals surface area contributed by atoms with Crippen molar-refractivity contribution in [2.45, 2.75) is 341 Å². The van der Waals surface area contributed by atoms with E-state index in [0.29, 0.717) is 19.3 Å². The third-order valence-corrected chi connectivity index (χ3v) is 14.2. The largest absolute Gasteiger partial charge is 0.462 e. The van der Waals surface area contributed by atoms with E-state index in [0.717, 1.165) is 89.9 Å². The first-order valence-corrected chi connectivity index (χ1v) is 32.3. The molecule has 0 aromatic heterocycles. The molecule has 6 heteroatoms. The number of ether oxygens (including phenoxy) is 3. The summed E-state index contributed by atoms with van der Waals surface area (Å²) in [5, 5.41) is 0. The molecule has 0 radical (unpaired) electrons. The van der Waals surface area contributed by atoms with Gasteiger partial charge in [-0.3, -0.25) is 14.4 Å². The van der Waals surface area contributed by atoms with Crippen molar-refractivity contribution in [1.29, 1.82) is 0 Å². The molecular formula is C68H122O6. The first-order valence-electron chi connectivity index (χ1n) is 32.3. The average Bonchev–Trinajstić information content (AvgIpc) is 3.40. The van der Waals surface area contributed by atoms with Crippen molar-refractivity contribution in [1.82, 2.24) is 0 Å². The summed E-state index contributed by atoms with van der Waals surface area (Å²) >= 11 is 0. The summed E-state index contributed by atoms with van der Waals surface area (Å²) in [6.45, 7) is 6.62. The number of carbonyl (C=O) groups excluding carboxylic acids is 3. The molecule has 0 bridgehead atoms. The third kappa shape index (κ3) is 60.0. The second kappa shape index (κ2) is 62.6. The topological polar surface area (TPSA) is 78.9 Å². The van der Waals surface area contributed by atoms with Gasteiger partial charge in [0.1, 0.15) is 13.2 Å². The number of rotatable bonds is 59. The molecule has 0 aromatic carbocycles. The van der Waals surface area contributed by atoms with Crippen molar-refractivity contribution in [3.8, 4) is 0 Å². The maximum Gasteiger partial charge on any atom is 0.306 e. The van der Waals surface area contributed by atoms with E-state index in [-0.39, 0.29) is 31.1 Å². The van der Waals surface area contributed by atoms with E-state index in [1.54, 1.807) is 0 Å². The van der Waals surface area contributed by atoms with Crippen molar-refractivity contribution in [2.75, 3.05) is 13.2 Å². The normalized spacial score (nSPS) is 12.4. The van der Waals surface area contributed by atoms with Crippen LogP contribution < -0.4 is 0 Å². The number of carbonyl (C=O) groups is 3. The molecule has 0 fully saturated rings. The van der Waals surface area contributed by atoms with E-state index in [1.807, 2.05) is 0 Å². The van der Waals surface area contributed by atoms with Gasteiger partial charge in [0.05, 0.1) is 0 Å². The van der Waals surface area contributed by atoms with Crippen molar-refractivity contribution < 1.29 is 28.6 Å². The molecule has 0 spiro atoms. The summed E-state index contributed by atoms with van der Waals surface area (Å²) in [7, 11) is 0. The fraction of sp³-hybridized carbons (Fsp3) is 0.809. The van der Waals surface area contributed by atoms with Gasteiger partial charge in [0.15, 0.2) is 6.10 Å². The summed E-state index contributed by atoms with van der Waals surface area (Å²) in [5.74, 6) is -0.887. The lowest BCUT2D eigenvalue weighted by Crippen LogP contribution is -2.30. The van der Waals surface area contributed by atoms with E-state index in [9.17, 15) is 14.4 Å². The van der Waals surface area contributed by atoms with E-state index < -0.39 is 6.10 Å². The first-order chi connectivity index (χ1) is 36.5. The van der Waals surface area contributed by atoms with Gasteiger partial charge in [0.2, 0.25) is 0 Å². The molecule has 0 amide bonds. The summed E-state index contributed by atoms with van der Waals surface area (Å²) in [5.41, 5.74) is 0. The number of hydrogen-bond donors (Lipinski definition) is 0. The highest BCUT2D eigenvalue weighted by molar-refractivity contribution is 5.71. The van der Waals surface area contributed by atoms with Gasteiger partial charge in [0, 0.05) is 19.3 Å². The molecule has 0 N–H and O–H groups in total. The molecule has 1 atom stereocenters. The van der Waals surface area contributed by atoms with Gasteiger partial charge in [-0.2, -0.15) is 0 Å². The number of allylic oxidation sites excluding steroid dienone is 10. The number of hydrogen-bond acceptors (Lipinski definition) is 6. The molecule has 74 heavy (non-hydrogen) atoms. The molecule has 0 aliphatic rings. The molecular weight excluding hydrogens is 913 g/mol. The molecule has 430 valence electrons. The quantitative estimate of drug-likeness (QED) is 0.0261. The Hall–Kier alpha value is -2.89. The van der Waals surface area contributed by atoms with Gasteiger partial charge >= 0.3 is 17.9 Å². The predicted molar refractivity (Wildman–Crippen MR) is 321 cm³/mol. The molecule has 0 rings (SSSR count). The summed E-state index contributed by atoms with van der Waals surface area (Å²) in [6.07, 6.45) is 79.4. The fourth-order valence-corrected chi connectivity index (χ4v) is 9.32. The highest BCUT2D eigenvalue weighted by atomic mass is 16.6. The lowest BCUT2D eigenvalue weighted by Gasteiger charge is -2.18. The Morgan fingerprint density at radius 2 is 0.486 bits per heavy atom. The molecule has 0 saturated heterocycles. The smallest absolute Gasteiger partial charge is 0.306 e. The van der Waals surface area contributed by atoms with Gasteiger partial charge < -0.3 is 14.2 Å². The summed E-state index contributed by atoms with van der Waals surface area (Å²) in [4.78, 5) is 38.3. The van der Waals surface area contributed by atoms with Crippen LogP contribution in [0.2, 0.25) is 0 Å². The second-order valence-electron chi connectivity index (χ2n) is 21.7. The van der Waals surface area contributed by atoms with E-state index in [2.05, 4.69) is 81.5 Å². The van der Waals surface area contributed by atoms with Gasteiger partial charge in [0.25, 0.3) is 0 Å². The van der Waals surface area contributed by atoms with Crippen LogP contribution in [0, 0.1) is 0 Å². The van der Waals surface area contributed by atoms with E-state index >= 15 is 0 Å². The number of esters is 3. The summed E-state index contributed by atoms with van der Waals surface area (Å²) in [6, 6.07) is 0. The van der Waals surface area contributed by atoms with Gasteiger partial charge in [-0.15, -0.1) is 0 Å². The zero-order chi connectivity index (χ0) is 53.6. The summed E-state index contributed by atoms with van der Waals surface area (Å²) < 4.78 is 16.9. The number of unbranched alkanes of at least 4 members (excludes halogenated alkanes) is 38. The van der Waals surface area contributed by atoms with Crippen molar-refractivity contribution >= 4 is 17.9 Å². The molecule has 0 aromatic rings. The molecule has 0 aliphatic heterocycles. The minimum Gasteiger partial charge on any atom is -0.462 e. The fourth-order valence-electron chi connectivity index (χ4n) is 9.32. The predicted octanol–water partition coefficient (Wildman–Crippen LogP) is 21.9. The Labute approximate surface area is 460 Å². The van der Waals surface area contributed by atoms with Crippen LogP contribution in [0.3, 0.4) is 0 Å². The Balaban J connectivity index is 4.34. The Bertz CT molecular complexity index is 1330. The molecule has 6 nitrogen and oxygen atoms in total. The van der Waals surface area contributed by atoms with Crippen LogP contribution >= 0.6 is 0 Å². The van der Waals surface area contributed by atoms with E-state index in [4.69, 9.17) is 14.2 Å². The zero-order valence-electron chi connectivity index (χ0n) is 49.4. The van der Waals surface area contributed by atoms with Crippen LogP contribution in [0.5, 0.6) is 0 Å². The minimum atomic E-state index is -0.785. The second-order valence-corrected chi connectivity index (χ2v) is 21.7. The van der Waals surface area contributed by atoms with Gasteiger partial charge in [-0.1, -0.05) is 268 Å². The lowest BCUT2D eigenvalue weighted by atomic mass is 10.0. The average molecular weight is 1040 g/mol. The van der Waals surface area contributed by atoms with Gasteiger partial charge in [-0.25, -0.2) is 0 Å². The van der Waals surface area contributed by atoms with E-state index in [1.165, 1.54) is 205 Å². The van der Waals surface area contributed by atoms with Crippen molar-refractivity contribution in [2.24, 2.45) is 0 Å². The highest BCUT2D eigenvalue weighted by Gasteiger charge is 2.19. The maximum atomic E-state index is 12.9. The molecule has 0 heterocycles. The molecule has 1 unspecified atom stereocenters. The Morgan fingerprint density at radius 3 is 0.797 bits per heavy atom. The lowest BCUT2D eigenvalue weighted by molar-refractivity contribution is -0.167. The van der Waals surface area contributed by atoms with Gasteiger partial charge in [-0.05, 0) is 109 Å². The Morgan fingerprint density at radius 1 is 0.270 bits per heavy atom. The monoisotopic (exact) mass is 1030 g/mol. The SMILES string of the molecule is CCCCC/C=C\C/C=C\CCCCCCCC(=O)OCC(COC(=O)CCCCCCCCCCCCC/C=C\CCCCCCCCCC)OC(=O)CCCCCCCCC/C=C\C/C=C\CCCCCC. The third-order valence-electron chi connectivity index (χ3n) is 14.2. The zero-order valence-corrected chi connectivity index (χ0v) is 49.4. The standard InChI is InChI=1S/C68H122O6/c1-4-7-10-13-16-19-22-25-28-30-32-33-34-35-36-38-40-43-46-49-52-55-58-61-67(70)73-64-65(63-72-66(69)60-57-54-51-48-45-42-39-27-24-21-18-15-12-9-6-3)74-68(71)62-59-56-53-50-47-44-41-37-31-29-26-23-20-17-14-11-8-5-2/h18,20-21,23,27,29-32,39,65H,4-17,19,22,24-26,28,33-38,40-64H2,1-3H3/b21-18-,23-20-,31-29-,32-30-,39-27-. The van der Waals surface area contributed by atoms with Crippen molar-refractivity contribution in [3.05, 3.63) is 60.8 Å². The minimum absolute atomic E-state index is 0.0807. The van der Waals surface area contributed by atoms with Crippen LogP contribution in [0.4, 0.5) is 0 Å². The molecule has 0 saturated carbocycles. The first kappa shape index (κ1) is 71.1. The van der Waals surface area contributed by atoms with Crippen LogP contribution in [-0.2, 0) is 28.6 Å². The maximum absolute atomic E-state index is 12.9. The highest BCUT2D eigenvalue weighted by Crippen LogP contribution is 2.16. The van der Waals surface area contributed by atoms with Crippen molar-refractivity contribution in [3.63, 3.8) is 0 Å².